The Morgan fingerprint density at radius 3 is 2.44 bits per heavy atom. The molecule has 0 aromatic heterocycles. The number of rotatable bonds is 7. The van der Waals surface area contributed by atoms with Crippen LogP contribution in [0.1, 0.15) is 17.3 Å². The van der Waals surface area contributed by atoms with E-state index in [1.165, 1.54) is 5.48 Å². The summed E-state index contributed by atoms with van der Waals surface area (Å²) in [6.07, 6.45) is 0. The van der Waals surface area contributed by atoms with Gasteiger partial charge < -0.3 is 16.4 Å². The molecule has 25 heavy (non-hydrogen) atoms. The van der Waals surface area contributed by atoms with Crippen LogP contribution in [-0.4, -0.2) is 36.2 Å². The van der Waals surface area contributed by atoms with E-state index in [1.807, 2.05) is 43.3 Å². The summed E-state index contributed by atoms with van der Waals surface area (Å²) in [7, 11) is 0. The maximum absolute atomic E-state index is 12.2. The molecule has 6 N–H and O–H groups in total. The fourth-order valence-corrected chi connectivity index (χ4v) is 2.38. The van der Waals surface area contributed by atoms with Crippen molar-refractivity contribution < 1.29 is 14.8 Å². The van der Waals surface area contributed by atoms with Crippen LogP contribution in [-0.2, 0) is 4.79 Å². The first-order chi connectivity index (χ1) is 12.1. The number of hydroxylamine groups is 1. The van der Waals surface area contributed by atoms with Crippen molar-refractivity contribution >= 4 is 17.5 Å². The standard InChI is InChI=1S/C18H22N4O3/c1-2-20-15-5-3-4-14(10-15)12-6-8-13(9-7-12)17(23)21-16(11-19)18(24)22-25/h3-10,16,20,25H,2,11,19H2,1H3,(H,21,23)(H,22,24)/t16-/m0/s1. The van der Waals surface area contributed by atoms with Gasteiger partial charge in [0.1, 0.15) is 6.04 Å². The van der Waals surface area contributed by atoms with Crippen LogP contribution in [0.15, 0.2) is 48.5 Å². The Morgan fingerprint density at radius 1 is 1.12 bits per heavy atom. The van der Waals surface area contributed by atoms with Gasteiger partial charge in [-0.3, -0.25) is 14.8 Å². The van der Waals surface area contributed by atoms with Gasteiger partial charge in [0.2, 0.25) is 0 Å². The van der Waals surface area contributed by atoms with E-state index in [1.54, 1.807) is 12.1 Å². The van der Waals surface area contributed by atoms with E-state index >= 15 is 0 Å². The van der Waals surface area contributed by atoms with Crippen molar-refractivity contribution in [3.05, 3.63) is 54.1 Å². The van der Waals surface area contributed by atoms with Gasteiger partial charge in [-0.2, -0.15) is 0 Å². The maximum atomic E-state index is 12.2. The highest BCUT2D eigenvalue weighted by Crippen LogP contribution is 2.23. The molecule has 0 bridgehead atoms. The maximum Gasteiger partial charge on any atom is 0.267 e. The van der Waals surface area contributed by atoms with Crippen LogP contribution in [0, 0.1) is 0 Å². The van der Waals surface area contributed by atoms with E-state index < -0.39 is 17.9 Å². The third kappa shape index (κ3) is 4.79. The minimum atomic E-state index is -0.992. The molecule has 7 heteroatoms. The Bertz CT molecular complexity index is 731. The number of nitrogens with one attached hydrogen (secondary N) is 3. The summed E-state index contributed by atoms with van der Waals surface area (Å²) in [5, 5.41) is 14.4. The number of carbonyl (C=O) groups is 2. The summed E-state index contributed by atoms with van der Waals surface area (Å²) < 4.78 is 0. The zero-order valence-electron chi connectivity index (χ0n) is 14.0. The van der Waals surface area contributed by atoms with Gasteiger partial charge in [0.05, 0.1) is 0 Å². The van der Waals surface area contributed by atoms with Gasteiger partial charge in [-0.15, -0.1) is 0 Å². The Balaban J connectivity index is 2.12. The number of benzene rings is 2. The van der Waals surface area contributed by atoms with E-state index in [-0.39, 0.29) is 6.54 Å². The Hall–Kier alpha value is -2.90. The summed E-state index contributed by atoms with van der Waals surface area (Å²) >= 11 is 0. The van der Waals surface area contributed by atoms with Crippen LogP contribution >= 0.6 is 0 Å². The molecule has 0 spiro atoms. The van der Waals surface area contributed by atoms with E-state index in [9.17, 15) is 9.59 Å². The second-order valence-corrected chi connectivity index (χ2v) is 5.43. The second kappa shape index (κ2) is 8.81. The number of anilines is 1. The quantitative estimate of drug-likeness (QED) is 0.385. The van der Waals surface area contributed by atoms with Crippen LogP contribution in [0.2, 0.25) is 0 Å². The molecule has 0 heterocycles. The van der Waals surface area contributed by atoms with Gasteiger partial charge in [0.15, 0.2) is 0 Å². The fourth-order valence-electron chi connectivity index (χ4n) is 2.38. The molecular formula is C18H22N4O3. The Kier molecular flexibility index (Phi) is 6.50. The third-order valence-electron chi connectivity index (χ3n) is 3.69. The van der Waals surface area contributed by atoms with Crippen molar-refractivity contribution in [2.45, 2.75) is 13.0 Å². The van der Waals surface area contributed by atoms with Crippen LogP contribution in [0.5, 0.6) is 0 Å². The zero-order valence-corrected chi connectivity index (χ0v) is 14.0. The molecule has 0 fully saturated rings. The van der Waals surface area contributed by atoms with Crippen LogP contribution in [0.3, 0.4) is 0 Å². The van der Waals surface area contributed by atoms with Crippen LogP contribution in [0.25, 0.3) is 11.1 Å². The van der Waals surface area contributed by atoms with Gasteiger partial charge in [0, 0.05) is 24.3 Å². The molecule has 132 valence electrons. The first-order valence-corrected chi connectivity index (χ1v) is 7.98. The number of nitrogens with two attached hydrogens (primary N) is 1. The van der Waals surface area contributed by atoms with E-state index in [2.05, 4.69) is 10.6 Å². The molecule has 0 aliphatic rings. The third-order valence-corrected chi connectivity index (χ3v) is 3.69. The van der Waals surface area contributed by atoms with E-state index in [0.29, 0.717) is 5.56 Å². The number of amides is 2. The lowest BCUT2D eigenvalue weighted by Crippen LogP contribution is -2.50. The molecule has 2 aromatic rings. The topological polar surface area (TPSA) is 116 Å². The van der Waals surface area contributed by atoms with Crippen molar-refractivity contribution in [2.24, 2.45) is 5.73 Å². The lowest BCUT2D eigenvalue weighted by molar-refractivity contribution is -0.130. The monoisotopic (exact) mass is 342 g/mol. The summed E-state index contributed by atoms with van der Waals surface area (Å²) in [5.41, 5.74) is 10.3. The molecule has 0 saturated heterocycles. The van der Waals surface area contributed by atoms with Gasteiger partial charge >= 0.3 is 0 Å². The molecule has 0 aliphatic heterocycles. The van der Waals surface area contributed by atoms with Crippen molar-refractivity contribution in [3.8, 4) is 11.1 Å². The average Bonchev–Trinajstić information content (AvgIpc) is 2.66. The van der Waals surface area contributed by atoms with E-state index in [4.69, 9.17) is 10.9 Å². The van der Waals surface area contributed by atoms with Crippen molar-refractivity contribution in [3.63, 3.8) is 0 Å². The van der Waals surface area contributed by atoms with Gasteiger partial charge in [0.25, 0.3) is 11.8 Å². The number of hydrogen-bond acceptors (Lipinski definition) is 5. The van der Waals surface area contributed by atoms with Crippen molar-refractivity contribution in [1.82, 2.24) is 10.8 Å². The summed E-state index contributed by atoms with van der Waals surface area (Å²) in [6.45, 7) is 2.76. The molecule has 2 rings (SSSR count). The minimum absolute atomic E-state index is 0.118. The van der Waals surface area contributed by atoms with Crippen LogP contribution < -0.4 is 21.8 Å². The van der Waals surface area contributed by atoms with Gasteiger partial charge in [-0.05, 0) is 42.3 Å². The van der Waals surface area contributed by atoms with E-state index in [0.717, 1.165) is 23.4 Å². The summed E-state index contributed by atoms with van der Waals surface area (Å²) in [5.74, 6) is -1.19. The van der Waals surface area contributed by atoms with Crippen molar-refractivity contribution in [1.29, 1.82) is 0 Å². The normalized spacial score (nSPS) is 11.5. The zero-order chi connectivity index (χ0) is 18.2. The summed E-state index contributed by atoms with van der Waals surface area (Å²) in [4.78, 5) is 23.6. The first-order valence-electron chi connectivity index (χ1n) is 7.98. The SMILES string of the molecule is CCNc1cccc(-c2ccc(C(=O)N[C@@H](CN)C(=O)NO)cc2)c1. The molecule has 2 aromatic carbocycles. The molecule has 0 aliphatic carbocycles. The largest absolute Gasteiger partial charge is 0.385 e. The Morgan fingerprint density at radius 2 is 1.84 bits per heavy atom. The minimum Gasteiger partial charge on any atom is -0.385 e. The number of hydrogen-bond donors (Lipinski definition) is 5. The molecular weight excluding hydrogens is 320 g/mol. The van der Waals surface area contributed by atoms with Crippen molar-refractivity contribution in [2.75, 3.05) is 18.4 Å². The number of carbonyl (C=O) groups excluding carboxylic acids is 2. The van der Waals surface area contributed by atoms with Gasteiger partial charge in [-0.1, -0.05) is 24.3 Å². The molecule has 0 radical (unpaired) electrons. The highest BCUT2D eigenvalue weighted by Gasteiger charge is 2.19. The van der Waals surface area contributed by atoms with Crippen LogP contribution in [0.4, 0.5) is 5.69 Å². The predicted molar refractivity (Wildman–Crippen MR) is 96.3 cm³/mol. The smallest absolute Gasteiger partial charge is 0.267 e. The lowest BCUT2D eigenvalue weighted by atomic mass is 10.0. The average molecular weight is 342 g/mol. The second-order valence-electron chi connectivity index (χ2n) is 5.43. The molecule has 0 saturated carbocycles. The predicted octanol–water partition coefficient (Wildman–Crippen LogP) is 1.35. The highest BCUT2D eigenvalue weighted by atomic mass is 16.5. The Labute approximate surface area is 146 Å². The summed E-state index contributed by atoms with van der Waals surface area (Å²) in [6, 6.07) is 14.0. The fraction of sp³-hybridized carbons (Fsp3) is 0.222. The first kappa shape index (κ1) is 18.4. The highest BCUT2D eigenvalue weighted by molar-refractivity contribution is 5.97. The lowest BCUT2D eigenvalue weighted by Gasteiger charge is -2.14. The molecule has 0 unspecified atom stereocenters. The molecule has 2 amide bonds. The van der Waals surface area contributed by atoms with Gasteiger partial charge in [-0.25, -0.2) is 5.48 Å². The molecule has 1 atom stereocenters. The molecule has 7 nitrogen and oxygen atoms in total.